The molecule has 3 nitrogen and oxygen atoms in total. The monoisotopic (exact) mass is 255 g/mol. The molecule has 0 amide bonds. The van der Waals surface area contributed by atoms with Crippen molar-refractivity contribution in [3.05, 3.63) is 11.5 Å². The first-order valence-corrected chi connectivity index (χ1v) is 7.81. The first-order chi connectivity index (χ1) is 8.24. The van der Waals surface area contributed by atoms with Crippen molar-refractivity contribution in [3.63, 3.8) is 0 Å². The molecule has 98 valence electrons. The molecule has 0 aliphatic heterocycles. The lowest BCUT2D eigenvalue weighted by atomic mass is 10.3. The number of imidazole rings is 1. The first kappa shape index (κ1) is 14.4. The Bertz CT molecular complexity index is 334. The van der Waals surface area contributed by atoms with Crippen LogP contribution >= 0.6 is 11.8 Å². The van der Waals surface area contributed by atoms with Gasteiger partial charge in [-0.05, 0) is 24.3 Å². The van der Waals surface area contributed by atoms with Gasteiger partial charge >= 0.3 is 0 Å². The van der Waals surface area contributed by atoms with Crippen LogP contribution in [0.2, 0.25) is 0 Å². The van der Waals surface area contributed by atoms with Gasteiger partial charge in [0.25, 0.3) is 0 Å². The van der Waals surface area contributed by atoms with E-state index in [1.807, 2.05) is 11.8 Å². The standard InChI is InChI=1S/C13H25N3S/c1-4-7-12-15-11(8-10-17-6-3)13(14)16(12)9-5-2/h4-10,14H2,1-3H3. The minimum atomic E-state index is 0.895. The van der Waals surface area contributed by atoms with Crippen LogP contribution in [0.4, 0.5) is 5.82 Å². The van der Waals surface area contributed by atoms with Gasteiger partial charge in [-0.25, -0.2) is 4.98 Å². The topological polar surface area (TPSA) is 43.8 Å². The Morgan fingerprint density at radius 3 is 2.53 bits per heavy atom. The van der Waals surface area contributed by atoms with Crippen molar-refractivity contribution in [2.24, 2.45) is 0 Å². The highest BCUT2D eigenvalue weighted by molar-refractivity contribution is 7.99. The van der Waals surface area contributed by atoms with Gasteiger partial charge in [0.1, 0.15) is 11.6 Å². The average molecular weight is 255 g/mol. The zero-order valence-electron chi connectivity index (χ0n) is 11.3. The SMILES string of the molecule is CCCc1nc(CCSCC)c(N)n1CCC. The van der Waals surface area contributed by atoms with Crippen molar-refractivity contribution in [3.8, 4) is 0 Å². The van der Waals surface area contributed by atoms with Crippen molar-refractivity contribution >= 4 is 17.6 Å². The third kappa shape index (κ3) is 3.95. The molecule has 1 heterocycles. The molecule has 2 N–H and O–H groups in total. The molecule has 0 bridgehead atoms. The van der Waals surface area contributed by atoms with Gasteiger partial charge in [0.05, 0.1) is 5.69 Å². The lowest BCUT2D eigenvalue weighted by Crippen LogP contribution is -2.07. The molecule has 0 fully saturated rings. The summed E-state index contributed by atoms with van der Waals surface area (Å²) in [6, 6.07) is 0. The summed E-state index contributed by atoms with van der Waals surface area (Å²) in [5.41, 5.74) is 7.29. The van der Waals surface area contributed by atoms with E-state index in [4.69, 9.17) is 10.7 Å². The number of nitrogens with zero attached hydrogens (tertiary/aromatic N) is 2. The molecule has 0 radical (unpaired) electrons. The Labute approximate surface area is 109 Å². The summed E-state index contributed by atoms with van der Waals surface area (Å²) >= 11 is 1.95. The summed E-state index contributed by atoms with van der Waals surface area (Å²) in [6.45, 7) is 7.55. The quantitative estimate of drug-likeness (QED) is 0.726. The second-order valence-electron chi connectivity index (χ2n) is 4.21. The van der Waals surface area contributed by atoms with Gasteiger partial charge in [-0.3, -0.25) is 0 Å². The number of anilines is 1. The van der Waals surface area contributed by atoms with E-state index in [9.17, 15) is 0 Å². The van der Waals surface area contributed by atoms with Crippen LogP contribution in [0.5, 0.6) is 0 Å². The van der Waals surface area contributed by atoms with Crippen molar-refractivity contribution in [2.45, 2.75) is 53.0 Å². The molecule has 1 aromatic heterocycles. The highest BCUT2D eigenvalue weighted by Gasteiger charge is 2.12. The number of thioether (sulfide) groups is 1. The van der Waals surface area contributed by atoms with Gasteiger partial charge in [0, 0.05) is 19.4 Å². The van der Waals surface area contributed by atoms with Crippen molar-refractivity contribution in [2.75, 3.05) is 17.2 Å². The molecule has 0 saturated carbocycles. The van der Waals surface area contributed by atoms with Crippen LogP contribution in [0.15, 0.2) is 0 Å². The summed E-state index contributed by atoms with van der Waals surface area (Å²) in [4.78, 5) is 4.71. The average Bonchev–Trinajstić information content (AvgIpc) is 2.59. The van der Waals surface area contributed by atoms with E-state index >= 15 is 0 Å². The minimum absolute atomic E-state index is 0.895. The fourth-order valence-corrected chi connectivity index (χ4v) is 2.58. The molecule has 0 unspecified atom stereocenters. The van der Waals surface area contributed by atoms with Gasteiger partial charge in [-0.1, -0.05) is 20.8 Å². The van der Waals surface area contributed by atoms with Gasteiger partial charge in [0.2, 0.25) is 0 Å². The molecule has 4 heteroatoms. The van der Waals surface area contributed by atoms with Gasteiger partial charge in [-0.15, -0.1) is 0 Å². The van der Waals surface area contributed by atoms with Crippen LogP contribution in [0.3, 0.4) is 0 Å². The number of nitrogens with two attached hydrogens (primary N) is 1. The Balaban J connectivity index is 2.79. The molecule has 0 spiro atoms. The predicted molar refractivity (Wildman–Crippen MR) is 77.6 cm³/mol. The second-order valence-corrected chi connectivity index (χ2v) is 5.60. The summed E-state index contributed by atoms with van der Waals surface area (Å²) in [7, 11) is 0. The maximum Gasteiger partial charge on any atom is 0.126 e. The Kier molecular flexibility index (Phi) is 6.48. The summed E-state index contributed by atoms with van der Waals surface area (Å²) in [5.74, 6) is 4.35. The van der Waals surface area contributed by atoms with E-state index in [0.29, 0.717) is 0 Å². The van der Waals surface area contributed by atoms with E-state index < -0.39 is 0 Å². The minimum Gasteiger partial charge on any atom is -0.384 e. The predicted octanol–water partition coefficient (Wildman–Crippen LogP) is 3.12. The number of nitrogen functional groups attached to an aromatic ring is 1. The summed E-state index contributed by atoms with van der Waals surface area (Å²) < 4.78 is 2.20. The lowest BCUT2D eigenvalue weighted by Gasteiger charge is -2.07. The van der Waals surface area contributed by atoms with Crippen LogP contribution in [-0.2, 0) is 19.4 Å². The molecular weight excluding hydrogens is 230 g/mol. The van der Waals surface area contributed by atoms with Crippen LogP contribution in [0.25, 0.3) is 0 Å². The zero-order chi connectivity index (χ0) is 12.7. The molecule has 0 aromatic carbocycles. The maximum atomic E-state index is 6.19. The van der Waals surface area contributed by atoms with Crippen LogP contribution in [0, 0.1) is 0 Å². The number of rotatable bonds is 8. The zero-order valence-corrected chi connectivity index (χ0v) is 12.1. The molecule has 1 rings (SSSR count). The van der Waals surface area contributed by atoms with Crippen LogP contribution in [0.1, 0.15) is 45.1 Å². The molecule has 1 aromatic rings. The smallest absolute Gasteiger partial charge is 0.126 e. The normalized spacial score (nSPS) is 11.0. The fraction of sp³-hybridized carbons (Fsp3) is 0.769. The van der Waals surface area contributed by atoms with Crippen molar-refractivity contribution in [1.82, 2.24) is 9.55 Å². The highest BCUT2D eigenvalue weighted by atomic mass is 32.2. The van der Waals surface area contributed by atoms with Crippen LogP contribution in [-0.4, -0.2) is 21.1 Å². The Morgan fingerprint density at radius 2 is 1.94 bits per heavy atom. The van der Waals surface area contributed by atoms with E-state index in [2.05, 4.69) is 25.3 Å². The largest absolute Gasteiger partial charge is 0.384 e. The van der Waals surface area contributed by atoms with E-state index in [0.717, 1.165) is 55.2 Å². The van der Waals surface area contributed by atoms with Gasteiger partial charge in [0.15, 0.2) is 0 Å². The van der Waals surface area contributed by atoms with E-state index in [-0.39, 0.29) is 0 Å². The third-order valence-corrected chi connectivity index (χ3v) is 3.67. The van der Waals surface area contributed by atoms with Crippen molar-refractivity contribution in [1.29, 1.82) is 0 Å². The Morgan fingerprint density at radius 1 is 1.18 bits per heavy atom. The number of aryl methyl sites for hydroxylation is 2. The molecule has 0 atom stereocenters. The second kappa shape index (κ2) is 7.64. The molecule has 0 aliphatic carbocycles. The number of hydrogen-bond acceptors (Lipinski definition) is 3. The van der Waals surface area contributed by atoms with Crippen LogP contribution < -0.4 is 5.73 Å². The van der Waals surface area contributed by atoms with E-state index in [1.165, 1.54) is 5.82 Å². The van der Waals surface area contributed by atoms with Gasteiger partial charge in [-0.2, -0.15) is 11.8 Å². The molecule has 17 heavy (non-hydrogen) atoms. The molecule has 0 saturated heterocycles. The molecule has 0 aliphatic rings. The highest BCUT2D eigenvalue weighted by Crippen LogP contribution is 2.18. The summed E-state index contributed by atoms with van der Waals surface area (Å²) in [5, 5.41) is 0. The van der Waals surface area contributed by atoms with Gasteiger partial charge < -0.3 is 10.3 Å². The molecular formula is C13H25N3S. The third-order valence-electron chi connectivity index (χ3n) is 2.77. The lowest BCUT2D eigenvalue weighted by molar-refractivity contribution is 0.637. The first-order valence-electron chi connectivity index (χ1n) is 6.66. The maximum absolute atomic E-state index is 6.19. The fourth-order valence-electron chi connectivity index (χ4n) is 1.95. The Hall–Kier alpha value is -0.640. The van der Waals surface area contributed by atoms with Crippen molar-refractivity contribution < 1.29 is 0 Å². The van der Waals surface area contributed by atoms with E-state index in [1.54, 1.807) is 0 Å². The number of hydrogen-bond donors (Lipinski definition) is 1. The summed E-state index contributed by atoms with van der Waals surface area (Å²) in [6.07, 6.45) is 4.27. The number of aromatic nitrogens is 2.